The van der Waals surface area contributed by atoms with Gasteiger partial charge in [0.25, 0.3) is 5.91 Å². The number of hydrogen-bond acceptors (Lipinski definition) is 4. The average molecular weight is 437 g/mol. The second-order valence-electron chi connectivity index (χ2n) is 5.62. The van der Waals surface area contributed by atoms with Gasteiger partial charge in [-0.05, 0) is 77.9 Å². The molecule has 2 aromatic carbocycles. The van der Waals surface area contributed by atoms with Gasteiger partial charge < -0.3 is 14.8 Å². The molecule has 0 unspecified atom stereocenters. The van der Waals surface area contributed by atoms with Crippen molar-refractivity contribution in [2.45, 2.75) is 26.4 Å². The van der Waals surface area contributed by atoms with E-state index < -0.39 is 0 Å². The minimum atomic E-state index is -0.301. The first kappa shape index (κ1) is 20.2. The highest BCUT2D eigenvalue weighted by molar-refractivity contribution is 9.10. The maximum atomic E-state index is 12.4. The number of halogens is 1. The number of methoxy groups -OCH3 is 1. The molecule has 0 spiro atoms. The number of anilines is 1. The minimum Gasteiger partial charge on any atom is -0.496 e. The van der Waals surface area contributed by atoms with Crippen LogP contribution in [-0.2, 0) is 0 Å². The molecule has 0 radical (unpaired) electrons. The molecule has 2 N–H and O–H groups in total. The molecular weight excluding hydrogens is 416 g/mol. The number of nitrogens with one attached hydrogen (secondary N) is 2. The van der Waals surface area contributed by atoms with E-state index in [0.717, 1.165) is 16.6 Å². The first-order valence-corrected chi connectivity index (χ1v) is 9.35. The van der Waals surface area contributed by atoms with Crippen LogP contribution in [0.3, 0.4) is 0 Å². The van der Waals surface area contributed by atoms with Gasteiger partial charge in [0.2, 0.25) is 0 Å². The molecule has 0 saturated carbocycles. The summed E-state index contributed by atoms with van der Waals surface area (Å²) >= 11 is 8.63. The normalized spacial score (nSPS) is 11.4. The van der Waals surface area contributed by atoms with Crippen molar-refractivity contribution < 1.29 is 14.3 Å². The van der Waals surface area contributed by atoms with Gasteiger partial charge in [-0.2, -0.15) is 0 Å². The van der Waals surface area contributed by atoms with E-state index in [1.54, 1.807) is 31.4 Å². The zero-order chi connectivity index (χ0) is 19.1. The average Bonchev–Trinajstić information content (AvgIpc) is 2.61. The molecule has 0 aromatic heterocycles. The molecular formula is C19H21BrN2O3S. The summed E-state index contributed by atoms with van der Waals surface area (Å²) in [5.41, 5.74) is 1.21. The van der Waals surface area contributed by atoms with Crippen molar-refractivity contribution in [2.24, 2.45) is 0 Å². The van der Waals surface area contributed by atoms with Gasteiger partial charge >= 0.3 is 0 Å². The summed E-state index contributed by atoms with van der Waals surface area (Å²) in [5.74, 6) is 1.07. The van der Waals surface area contributed by atoms with E-state index in [4.69, 9.17) is 21.7 Å². The van der Waals surface area contributed by atoms with Crippen LogP contribution in [-0.4, -0.2) is 24.2 Å². The Bertz CT molecular complexity index is 798. The first-order chi connectivity index (χ1) is 12.4. The van der Waals surface area contributed by atoms with Crippen LogP contribution >= 0.6 is 28.1 Å². The van der Waals surface area contributed by atoms with Gasteiger partial charge in [-0.25, -0.2) is 0 Å². The fraction of sp³-hybridized carbons (Fsp3) is 0.263. The van der Waals surface area contributed by atoms with E-state index >= 15 is 0 Å². The maximum absolute atomic E-state index is 12.4. The van der Waals surface area contributed by atoms with Gasteiger partial charge in [-0.1, -0.05) is 13.0 Å². The molecule has 5 nitrogen and oxygen atoms in total. The third-order valence-corrected chi connectivity index (χ3v) is 4.47. The SMILES string of the molecule is CC[C@@H](C)Oc1cccc(C(=O)NC(=S)Nc2ccc(OC)c(Br)c2)c1. The molecule has 0 heterocycles. The number of carbonyl (C=O) groups is 1. The van der Waals surface area contributed by atoms with Crippen molar-refractivity contribution in [3.63, 3.8) is 0 Å². The number of ether oxygens (including phenoxy) is 2. The molecule has 2 rings (SSSR count). The first-order valence-electron chi connectivity index (χ1n) is 8.15. The lowest BCUT2D eigenvalue weighted by molar-refractivity contribution is 0.0977. The molecule has 0 bridgehead atoms. The highest BCUT2D eigenvalue weighted by Gasteiger charge is 2.11. The zero-order valence-electron chi connectivity index (χ0n) is 14.8. The maximum Gasteiger partial charge on any atom is 0.257 e. The molecule has 0 saturated heterocycles. The lowest BCUT2D eigenvalue weighted by Crippen LogP contribution is -2.34. The Balaban J connectivity index is 1.99. The summed E-state index contributed by atoms with van der Waals surface area (Å²) in [5, 5.41) is 5.85. The third kappa shape index (κ3) is 5.71. The van der Waals surface area contributed by atoms with Gasteiger partial charge in [-0.3, -0.25) is 10.1 Å². The number of hydrogen-bond donors (Lipinski definition) is 2. The fourth-order valence-electron chi connectivity index (χ4n) is 2.11. The topological polar surface area (TPSA) is 59.6 Å². The summed E-state index contributed by atoms with van der Waals surface area (Å²) in [6.45, 7) is 4.03. The summed E-state index contributed by atoms with van der Waals surface area (Å²) in [7, 11) is 1.59. The van der Waals surface area contributed by atoms with E-state index in [2.05, 4.69) is 26.6 Å². The van der Waals surface area contributed by atoms with Crippen LogP contribution in [0.25, 0.3) is 0 Å². The molecule has 0 aliphatic heterocycles. The Morgan fingerprint density at radius 3 is 2.69 bits per heavy atom. The zero-order valence-corrected chi connectivity index (χ0v) is 17.2. The number of carbonyl (C=O) groups excluding carboxylic acids is 1. The molecule has 2 aromatic rings. The molecule has 138 valence electrons. The number of rotatable bonds is 6. The van der Waals surface area contributed by atoms with Gasteiger partial charge in [0.05, 0.1) is 17.7 Å². The van der Waals surface area contributed by atoms with Crippen molar-refractivity contribution in [1.29, 1.82) is 0 Å². The smallest absolute Gasteiger partial charge is 0.257 e. The lowest BCUT2D eigenvalue weighted by atomic mass is 10.2. The Morgan fingerprint density at radius 2 is 2.04 bits per heavy atom. The predicted octanol–water partition coefficient (Wildman–Crippen LogP) is 4.76. The van der Waals surface area contributed by atoms with E-state index in [1.807, 2.05) is 32.0 Å². The Morgan fingerprint density at radius 1 is 1.27 bits per heavy atom. The monoisotopic (exact) mass is 436 g/mol. The fourth-order valence-corrected chi connectivity index (χ4v) is 2.86. The van der Waals surface area contributed by atoms with Crippen LogP contribution in [0.1, 0.15) is 30.6 Å². The van der Waals surface area contributed by atoms with E-state index in [1.165, 1.54) is 0 Å². The Hall–Kier alpha value is -2.12. The van der Waals surface area contributed by atoms with E-state index in [9.17, 15) is 4.79 Å². The largest absolute Gasteiger partial charge is 0.496 e. The quantitative estimate of drug-likeness (QED) is 0.639. The second-order valence-corrected chi connectivity index (χ2v) is 6.88. The summed E-state index contributed by atoms with van der Waals surface area (Å²) < 4.78 is 11.7. The van der Waals surface area contributed by atoms with Crippen LogP contribution in [0.15, 0.2) is 46.9 Å². The van der Waals surface area contributed by atoms with Crippen molar-refractivity contribution >= 4 is 44.9 Å². The van der Waals surface area contributed by atoms with Crippen LogP contribution < -0.4 is 20.1 Å². The number of thiocarbonyl (C=S) groups is 1. The molecule has 0 fully saturated rings. The summed E-state index contributed by atoms with van der Waals surface area (Å²) in [6, 6.07) is 12.4. The third-order valence-electron chi connectivity index (χ3n) is 3.65. The van der Waals surface area contributed by atoms with Gasteiger partial charge in [0.15, 0.2) is 5.11 Å². The minimum absolute atomic E-state index is 0.0876. The van der Waals surface area contributed by atoms with Gasteiger partial charge in [0, 0.05) is 11.3 Å². The molecule has 26 heavy (non-hydrogen) atoms. The molecule has 1 atom stereocenters. The molecule has 0 aliphatic rings. The summed E-state index contributed by atoms with van der Waals surface area (Å²) in [6.07, 6.45) is 0.978. The standard InChI is InChI=1S/C19H21BrN2O3S/c1-4-12(2)25-15-7-5-6-13(10-15)18(23)22-19(26)21-14-8-9-17(24-3)16(20)11-14/h5-12H,4H2,1-3H3,(H2,21,22,23,26)/t12-/m1/s1. The second kappa shape index (κ2) is 9.54. The highest BCUT2D eigenvalue weighted by Crippen LogP contribution is 2.27. The molecule has 7 heteroatoms. The van der Waals surface area contributed by atoms with Gasteiger partial charge in [-0.15, -0.1) is 0 Å². The van der Waals surface area contributed by atoms with Crippen LogP contribution in [0, 0.1) is 0 Å². The van der Waals surface area contributed by atoms with Crippen LogP contribution in [0.5, 0.6) is 11.5 Å². The van der Waals surface area contributed by atoms with Gasteiger partial charge in [0.1, 0.15) is 11.5 Å². The van der Waals surface area contributed by atoms with E-state index in [-0.39, 0.29) is 17.1 Å². The number of amides is 1. The van der Waals surface area contributed by atoms with Crippen LogP contribution in [0.2, 0.25) is 0 Å². The van der Waals surface area contributed by atoms with E-state index in [0.29, 0.717) is 17.1 Å². The van der Waals surface area contributed by atoms with Crippen molar-refractivity contribution in [3.05, 3.63) is 52.5 Å². The molecule has 1 amide bonds. The predicted molar refractivity (Wildman–Crippen MR) is 111 cm³/mol. The summed E-state index contributed by atoms with van der Waals surface area (Å²) in [4.78, 5) is 12.4. The lowest BCUT2D eigenvalue weighted by Gasteiger charge is -2.14. The highest BCUT2D eigenvalue weighted by atomic mass is 79.9. The Labute approximate surface area is 167 Å². The van der Waals surface area contributed by atoms with Crippen molar-refractivity contribution in [2.75, 3.05) is 12.4 Å². The number of benzene rings is 2. The Kier molecular flexibility index (Phi) is 7.41. The van der Waals surface area contributed by atoms with Crippen molar-refractivity contribution in [3.8, 4) is 11.5 Å². The van der Waals surface area contributed by atoms with Crippen LogP contribution in [0.4, 0.5) is 5.69 Å². The van der Waals surface area contributed by atoms with Crippen molar-refractivity contribution in [1.82, 2.24) is 5.32 Å². The molecule has 0 aliphatic carbocycles.